The van der Waals surface area contributed by atoms with Crippen LogP contribution in [0.2, 0.25) is 10.0 Å². The Morgan fingerprint density at radius 3 is 2.39 bits per heavy atom. The number of nitrogens with one attached hydrogen (secondary N) is 2. The molecule has 1 amide bonds. The minimum atomic E-state index is -1.82. The van der Waals surface area contributed by atoms with Gasteiger partial charge in [-0.25, -0.2) is 18.4 Å². The minimum Gasteiger partial charge on any atom is -0.495 e. The van der Waals surface area contributed by atoms with Crippen LogP contribution in [-0.4, -0.2) is 56.5 Å². The lowest BCUT2D eigenvalue weighted by Crippen LogP contribution is -2.45. The number of benzene rings is 3. The van der Waals surface area contributed by atoms with Crippen molar-refractivity contribution in [1.29, 1.82) is 5.26 Å². The van der Waals surface area contributed by atoms with Gasteiger partial charge >= 0.3 is 12.1 Å². The number of esters is 1. The maximum atomic E-state index is 16.0. The fraction of sp³-hybridized carbons (Fsp3) is 0.450. The number of carbonyl (C=O) groups excluding carboxylic acids is 3. The van der Waals surface area contributed by atoms with Crippen molar-refractivity contribution in [2.24, 2.45) is 5.41 Å². The smallest absolute Gasteiger partial charge is 0.495 e. The molecule has 1 aliphatic carbocycles. The second-order valence-corrected chi connectivity index (χ2v) is 15.5. The summed E-state index contributed by atoms with van der Waals surface area (Å²) in [5.41, 5.74) is -2.12. The Morgan fingerprint density at radius 1 is 1.00 bits per heavy atom. The van der Waals surface area contributed by atoms with Gasteiger partial charge in [0.1, 0.15) is 42.1 Å². The maximum absolute atomic E-state index is 16.0. The molecule has 3 aromatic carbocycles. The van der Waals surface area contributed by atoms with Crippen LogP contribution in [0.25, 0.3) is 0 Å². The van der Waals surface area contributed by atoms with Crippen LogP contribution in [0.4, 0.5) is 19.3 Å². The average molecular weight is 787 g/mol. The molecule has 1 aliphatic heterocycles. The van der Waals surface area contributed by atoms with Crippen LogP contribution in [0, 0.1) is 28.4 Å². The molecule has 2 fully saturated rings. The summed E-state index contributed by atoms with van der Waals surface area (Å²) in [6.07, 6.45) is 4.00. The molecule has 0 radical (unpaired) electrons. The predicted molar refractivity (Wildman–Crippen MR) is 199 cm³/mol. The molecule has 1 heterocycles. The first-order valence-electron chi connectivity index (χ1n) is 17.7. The largest absolute Gasteiger partial charge is 0.508 e. The Kier molecular flexibility index (Phi) is 13.1. The van der Waals surface area contributed by atoms with Gasteiger partial charge in [-0.3, -0.25) is 4.79 Å². The number of methoxy groups -OCH3 is 1. The molecule has 1 saturated heterocycles. The van der Waals surface area contributed by atoms with E-state index in [1.54, 1.807) is 0 Å². The molecule has 2 aliphatic rings. The molecule has 10 nitrogen and oxygen atoms in total. The summed E-state index contributed by atoms with van der Waals surface area (Å²) in [6.45, 7) is 5.39. The first-order chi connectivity index (χ1) is 25.7. The Labute approximate surface area is 323 Å². The monoisotopic (exact) mass is 785 g/mol. The number of nitriles is 1. The van der Waals surface area contributed by atoms with Crippen LogP contribution in [-0.2, 0) is 24.4 Å². The molecule has 2 N–H and O–H groups in total. The third kappa shape index (κ3) is 9.08. The lowest BCUT2D eigenvalue weighted by atomic mass is 9.62. The number of hydrogen-bond donors (Lipinski definition) is 2. The molecule has 14 heteroatoms. The molecular weight excluding hydrogens is 743 g/mol. The zero-order valence-electron chi connectivity index (χ0n) is 30.5. The van der Waals surface area contributed by atoms with E-state index in [4.69, 9.17) is 42.1 Å². The van der Waals surface area contributed by atoms with Crippen LogP contribution in [0.1, 0.15) is 86.7 Å². The number of anilines is 1. The topological polar surface area (TPSA) is 136 Å². The zero-order chi connectivity index (χ0) is 39.2. The van der Waals surface area contributed by atoms with E-state index in [9.17, 15) is 19.6 Å². The van der Waals surface area contributed by atoms with Gasteiger partial charge in [0.05, 0.1) is 35.5 Å². The summed E-state index contributed by atoms with van der Waals surface area (Å²) < 4.78 is 53.1. The minimum absolute atomic E-state index is 0.0530. The predicted octanol–water partition coefficient (Wildman–Crippen LogP) is 8.88. The van der Waals surface area contributed by atoms with Crippen LogP contribution in [0.5, 0.6) is 5.75 Å². The molecule has 3 aromatic rings. The lowest BCUT2D eigenvalue weighted by molar-refractivity contribution is -0.118. The van der Waals surface area contributed by atoms with Gasteiger partial charge < -0.3 is 29.6 Å². The molecule has 5 rings (SSSR count). The number of halogens is 4. The molecule has 0 unspecified atom stereocenters. The zero-order valence-corrected chi connectivity index (χ0v) is 32.0. The maximum Gasteiger partial charge on any atom is 0.508 e. The van der Waals surface area contributed by atoms with Crippen molar-refractivity contribution in [3.8, 4) is 11.8 Å². The first-order valence-corrected chi connectivity index (χ1v) is 18.5. The van der Waals surface area contributed by atoms with E-state index in [-0.39, 0.29) is 63.9 Å². The van der Waals surface area contributed by atoms with Gasteiger partial charge in [0, 0.05) is 22.5 Å². The van der Waals surface area contributed by atoms with Crippen LogP contribution in [0.3, 0.4) is 0 Å². The Bertz CT molecular complexity index is 1910. The highest BCUT2D eigenvalue weighted by Crippen LogP contribution is 2.53. The first kappa shape index (κ1) is 40.7. The van der Waals surface area contributed by atoms with Crippen molar-refractivity contribution in [2.75, 3.05) is 25.6 Å². The van der Waals surface area contributed by atoms with Crippen LogP contribution >= 0.6 is 23.2 Å². The van der Waals surface area contributed by atoms with E-state index >= 15 is 8.78 Å². The van der Waals surface area contributed by atoms with Gasteiger partial charge in [0.25, 0.3) is 0 Å². The van der Waals surface area contributed by atoms with Crippen molar-refractivity contribution in [1.82, 2.24) is 5.32 Å². The highest BCUT2D eigenvalue weighted by atomic mass is 35.5. The van der Waals surface area contributed by atoms with Crippen LogP contribution < -0.4 is 15.4 Å². The van der Waals surface area contributed by atoms with Gasteiger partial charge in [-0.15, -0.1) is 0 Å². The Hall–Kier alpha value is -4.44. The molecule has 0 spiro atoms. The second-order valence-electron chi connectivity index (χ2n) is 14.7. The Balaban J connectivity index is 1.40. The van der Waals surface area contributed by atoms with E-state index < -0.39 is 58.5 Å². The molecule has 4 atom stereocenters. The van der Waals surface area contributed by atoms with Crippen molar-refractivity contribution >= 4 is 46.9 Å². The molecule has 288 valence electrons. The number of amides is 1. The third-order valence-electron chi connectivity index (χ3n) is 9.78. The molecule has 0 bridgehead atoms. The average Bonchev–Trinajstić information content (AvgIpc) is 3.44. The highest BCUT2D eigenvalue weighted by molar-refractivity contribution is 6.31. The standard InChI is InChI=1S/C40H43Cl2F2N3O7/c1-39(2,3)21-32-40(22-45,27-15-14-24(41)20-29(27)43)33(26-11-8-12-28(42)34(26)44)35(47-32)36(48)46-30-16-13-23(19-31(30)51-4)37(49)52-17-18-53-38(50)54-25-9-6-5-7-10-25/h8,11-16,19-20,25,32-33,35,47H,5-7,9-10,17-18,21H2,1-4H3,(H,46,48)/t32-,33-,35+,40-/m0/s1. The fourth-order valence-corrected chi connectivity index (χ4v) is 7.73. The third-order valence-corrected chi connectivity index (χ3v) is 10.3. The van der Waals surface area contributed by atoms with Gasteiger partial charge in [0.15, 0.2) is 0 Å². The van der Waals surface area contributed by atoms with E-state index in [0.717, 1.165) is 38.2 Å². The van der Waals surface area contributed by atoms with Crippen molar-refractivity contribution < 1.29 is 42.1 Å². The second kappa shape index (κ2) is 17.4. The molecule has 54 heavy (non-hydrogen) atoms. The SMILES string of the molecule is COc1cc(C(=O)OCCOC(=O)OC2CCCCC2)ccc1NC(=O)[C@@H]1N[C@@H](CC(C)(C)C)[C@](C#N)(c2ccc(Cl)cc2F)[C@H]1c1cccc(Cl)c1F. The molecule has 1 saturated carbocycles. The number of ether oxygens (including phenoxy) is 4. The summed E-state index contributed by atoms with van der Waals surface area (Å²) in [7, 11) is 1.34. The van der Waals surface area contributed by atoms with E-state index in [2.05, 4.69) is 16.7 Å². The lowest BCUT2D eigenvalue weighted by Gasteiger charge is -2.37. The quantitative estimate of drug-likeness (QED) is 0.144. The van der Waals surface area contributed by atoms with E-state index in [1.807, 2.05) is 20.8 Å². The van der Waals surface area contributed by atoms with Gasteiger partial charge in [-0.05, 0) is 79.5 Å². The molecule has 0 aromatic heterocycles. The summed E-state index contributed by atoms with van der Waals surface area (Å²) in [4.78, 5) is 39.2. The van der Waals surface area contributed by atoms with Gasteiger partial charge in [-0.2, -0.15) is 5.26 Å². The van der Waals surface area contributed by atoms with Gasteiger partial charge in [0.2, 0.25) is 5.91 Å². The normalized spacial score (nSPS) is 21.5. The number of carbonyl (C=O) groups is 3. The van der Waals surface area contributed by atoms with Crippen molar-refractivity contribution in [2.45, 2.75) is 88.8 Å². The van der Waals surface area contributed by atoms with Crippen LogP contribution in [0.15, 0.2) is 54.6 Å². The molecular formula is C40H43Cl2F2N3O7. The Morgan fingerprint density at radius 2 is 1.72 bits per heavy atom. The summed E-state index contributed by atoms with van der Waals surface area (Å²) in [5, 5.41) is 17.0. The number of rotatable bonds is 11. The summed E-state index contributed by atoms with van der Waals surface area (Å²) in [5.74, 6) is -4.25. The number of hydrogen-bond acceptors (Lipinski definition) is 9. The summed E-state index contributed by atoms with van der Waals surface area (Å²) in [6, 6.07) is 12.6. The fourth-order valence-electron chi connectivity index (χ4n) is 7.38. The van der Waals surface area contributed by atoms with Crippen molar-refractivity contribution in [3.05, 3.63) is 93.0 Å². The highest BCUT2D eigenvalue weighted by Gasteiger charge is 2.61. The van der Waals surface area contributed by atoms with E-state index in [0.29, 0.717) is 0 Å². The van der Waals surface area contributed by atoms with Crippen molar-refractivity contribution in [3.63, 3.8) is 0 Å². The number of nitrogens with zero attached hydrogens (tertiary/aromatic N) is 1. The summed E-state index contributed by atoms with van der Waals surface area (Å²) >= 11 is 12.4. The van der Waals surface area contributed by atoms with Gasteiger partial charge in [-0.1, -0.05) is 68.6 Å². The van der Waals surface area contributed by atoms with E-state index in [1.165, 1.54) is 55.6 Å².